The van der Waals surface area contributed by atoms with E-state index in [-0.39, 0.29) is 11.9 Å². The number of hydrogen-bond donors (Lipinski definition) is 1. The first kappa shape index (κ1) is 17.8. The second-order valence-electron chi connectivity index (χ2n) is 6.43. The normalized spacial score (nSPS) is 16.0. The minimum absolute atomic E-state index is 0.0320. The van der Waals surface area contributed by atoms with Gasteiger partial charge in [-0.1, -0.05) is 6.07 Å². The van der Waals surface area contributed by atoms with Gasteiger partial charge in [-0.15, -0.1) is 0 Å². The molecule has 8 heteroatoms. The molecule has 1 aliphatic rings. The molecule has 0 bridgehead atoms. The summed E-state index contributed by atoms with van der Waals surface area (Å²) >= 11 is 0. The molecule has 1 amide bonds. The summed E-state index contributed by atoms with van der Waals surface area (Å²) in [4.78, 5) is 32.1. The molecule has 0 aliphatic carbocycles. The number of carbonyl (C=O) groups excluding carboxylic acids is 1. The Morgan fingerprint density at radius 1 is 1.18 bits per heavy atom. The van der Waals surface area contributed by atoms with Gasteiger partial charge in [0.15, 0.2) is 0 Å². The fourth-order valence-electron chi connectivity index (χ4n) is 3.34. The number of benzene rings is 1. The van der Waals surface area contributed by atoms with Gasteiger partial charge in [-0.2, -0.15) is 0 Å². The van der Waals surface area contributed by atoms with Crippen LogP contribution in [0.15, 0.2) is 55.2 Å². The van der Waals surface area contributed by atoms with E-state index in [1.165, 1.54) is 0 Å². The second kappa shape index (κ2) is 7.99. The first-order valence-corrected chi connectivity index (χ1v) is 9.04. The smallest absolute Gasteiger partial charge is 0.254 e. The molecule has 2 aromatic heterocycles. The predicted octanol–water partition coefficient (Wildman–Crippen LogP) is 3.00. The Morgan fingerprint density at radius 2 is 2.07 bits per heavy atom. The third kappa shape index (κ3) is 3.75. The lowest BCUT2D eigenvalue weighted by molar-refractivity contribution is 0.0732. The van der Waals surface area contributed by atoms with Crippen LogP contribution >= 0.6 is 0 Å². The predicted molar refractivity (Wildman–Crippen MR) is 103 cm³/mol. The summed E-state index contributed by atoms with van der Waals surface area (Å²) in [6.45, 7) is 0.685. The van der Waals surface area contributed by atoms with Crippen LogP contribution in [0.4, 0.5) is 11.6 Å². The van der Waals surface area contributed by atoms with Crippen LogP contribution in [0.25, 0.3) is 0 Å². The lowest BCUT2D eigenvalue weighted by Gasteiger charge is -2.24. The van der Waals surface area contributed by atoms with Crippen LogP contribution in [0.1, 0.15) is 34.9 Å². The number of hydrogen-bond acceptors (Lipinski definition) is 7. The Labute approximate surface area is 162 Å². The molecule has 0 radical (unpaired) electrons. The zero-order valence-corrected chi connectivity index (χ0v) is 15.4. The summed E-state index contributed by atoms with van der Waals surface area (Å²) in [5.74, 6) is 1.79. The highest BCUT2D eigenvalue weighted by Gasteiger charge is 2.32. The number of nitrogens with zero attached hydrogens (tertiary/aromatic N) is 5. The Hall–Kier alpha value is -3.55. The van der Waals surface area contributed by atoms with E-state index in [0.717, 1.165) is 18.5 Å². The molecular formula is C20H20N6O2. The minimum atomic E-state index is -0.116. The molecule has 28 heavy (non-hydrogen) atoms. The second-order valence-corrected chi connectivity index (χ2v) is 6.43. The molecule has 0 unspecified atom stereocenters. The van der Waals surface area contributed by atoms with E-state index < -0.39 is 0 Å². The molecule has 8 nitrogen and oxygen atoms in total. The number of likely N-dealkylation sites (tertiary alicyclic amines) is 1. The highest BCUT2D eigenvalue weighted by Crippen LogP contribution is 2.32. The number of carbonyl (C=O) groups is 1. The van der Waals surface area contributed by atoms with Crippen molar-refractivity contribution in [3.63, 3.8) is 0 Å². The van der Waals surface area contributed by atoms with E-state index in [4.69, 9.17) is 4.74 Å². The zero-order valence-electron chi connectivity index (χ0n) is 15.4. The topological polar surface area (TPSA) is 93.1 Å². The number of methoxy groups -OCH3 is 1. The van der Waals surface area contributed by atoms with Gasteiger partial charge in [0.25, 0.3) is 5.91 Å². The number of ether oxygens (including phenoxy) is 1. The average Bonchev–Trinajstić information content (AvgIpc) is 3.24. The summed E-state index contributed by atoms with van der Waals surface area (Å²) in [6, 6.07) is 7.09. The molecule has 0 saturated carbocycles. The zero-order chi connectivity index (χ0) is 19.3. The molecule has 1 saturated heterocycles. The maximum Gasteiger partial charge on any atom is 0.254 e. The number of aromatic nitrogens is 4. The molecular weight excluding hydrogens is 356 g/mol. The maximum absolute atomic E-state index is 13.1. The van der Waals surface area contributed by atoms with Gasteiger partial charge in [-0.25, -0.2) is 9.97 Å². The molecule has 1 N–H and O–H groups in total. The van der Waals surface area contributed by atoms with E-state index in [2.05, 4.69) is 25.3 Å². The van der Waals surface area contributed by atoms with E-state index in [0.29, 0.717) is 29.5 Å². The molecule has 4 rings (SSSR count). The minimum Gasteiger partial charge on any atom is -0.497 e. The number of rotatable bonds is 5. The van der Waals surface area contributed by atoms with Crippen molar-refractivity contribution in [2.75, 3.05) is 19.0 Å². The first-order chi connectivity index (χ1) is 13.7. The van der Waals surface area contributed by atoms with Crippen molar-refractivity contribution in [3.05, 3.63) is 66.5 Å². The number of nitrogens with one attached hydrogen (secondary N) is 1. The van der Waals surface area contributed by atoms with Crippen molar-refractivity contribution in [1.82, 2.24) is 24.8 Å². The van der Waals surface area contributed by atoms with Crippen molar-refractivity contribution in [2.45, 2.75) is 18.9 Å². The summed E-state index contributed by atoms with van der Waals surface area (Å²) in [7, 11) is 1.59. The van der Waals surface area contributed by atoms with Crippen LogP contribution in [0.3, 0.4) is 0 Å². The van der Waals surface area contributed by atoms with Crippen LogP contribution in [-0.4, -0.2) is 44.4 Å². The SMILES string of the molecule is COc1cccc(C(=O)N2CCC[C@H]2c2cncc(Nc3cnccn3)n2)c1. The summed E-state index contributed by atoms with van der Waals surface area (Å²) in [6.07, 6.45) is 9.93. The average molecular weight is 376 g/mol. The molecule has 0 spiro atoms. The highest BCUT2D eigenvalue weighted by atomic mass is 16.5. The molecule has 3 heterocycles. The van der Waals surface area contributed by atoms with Crippen LogP contribution in [0.5, 0.6) is 5.75 Å². The molecule has 1 aromatic carbocycles. The molecule has 1 fully saturated rings. The van der Waals surface area contributed by atoms with Crippen LogP contribution in [-0.2, 0) is 0 Å². The van der Waals surface area contributed by atoms with Crippen molar-refractivity contribution < 1.29 is 9.53 Å². The highest BCUT2D eigenvalue weighted by molar-refractivity contribution is 5.95. The van der Waals surface area contributed by atoms with Crippen LogP contribution < -0.4 is 10.1 Å². The fourth-order valence-corrected chi connectivity index (χ4v) is 3.34. The van der Waals surface area contributed by atoms with E-state index >= 15 is 0 Å². The third-order valence-electron chi connectivity index (χ3n) is 4.64. The van der Waals surface area contributed by atoms with Crippen LogP contribution in [0.2, 0.25) is 0 Å². The summed E-state index contributed by atoms with van der Waals surface area (Å²) in [5, 5.41) is 3.09. The molecule has 142 valence electrons. The van der Waals surface area contributed by atoms with E-state index in [1.54, 1.807) is 50.2 Å². The standard InChI is InChI=1S/C20H20N6O2/c1-28-15-5-2-4-14(10-15)20(27)26-9-3-6-17(26)16-11-22-13-19(24-16)25-18-12-21-7-8-23-18/h2,4-5,7-8,10-13,17H,3,6,9H2,1H3,(H,23,24,25)/t17-/m0/s1. The summed E-state index contributed by atoms with van der Waals surface area (Å²) < 4.78 is 5.24. The van der Waals surface area contributed by atoms with Gasteiger partial charge in [0, 0.05) is 24.5 Å². The lowest BCUT2D eigenvalue weighted by atomic mass is 10.1. The molecule has 3 aromatic rings. The Morgan fingerprint density at radius 3 is 2.89 bits per heavy atom. The fraction of sp³-hybridized carbons (Fsp3) is 0.250. The van der Waals surface area contributed by atoms with Gasteiger partial charge in [0.05, 0.1) is 37.4 Å². The quantitative estimate of drug-likeness (QED) is 0.731. The molecule has 1 atom stereocenters. The van der Waals surface area contributed by atoms with E-state index in [9.17, 15) is 4.79 Å². The van der Waals surface area contributed by atoms with E-state index in [1.807, 2.05) is 17.0 Å². The van der Waals surface area contributed by atoms with Gasteiger partial charge in [-0.3, -0.25) is 14.8 Å². The third-order valence-corrected chi connectivity index (χ3v) is 4.64. The van der Waals surface area contributed by atoms with Crippen molar-refractivity contribution in [3.8, 4) is 5.75 Å². The maximum atomic E-state index is 13.1. The van der Waals surface area contributed by atoms with Gasteiger partial charge in [-0.05, 0) is 31.0 Å². The lowest BCUT2D eigenvalue weighted by Crippen LogP contribution is -2.31. The van der Waals surface area contributed by atoms with Gasteiger partial charge < -0.3 is 15.0 Å². The molecule has 1 aliphatic heterocycles. The number of anilines is 2. The van der Waals surface area contributed by atoms with Crippen molar-refractivity contribution in [2.24, 2.45) is 0 Å². The van der Waals surface area contributed by atoms with Gasteiger partial charge >= 0.3 is 0 Å². The Balaban J connectivity index is 1.56. The van der Waals surface area contributed by atoms with Crippen molar-refractivity contribution >= 4 is 17.5 Å². The number of amides is 1. The Kier molecular flexibility index (Phi) is 5.09. The van der Waals surface area contributed by atoms with Crippen molar-refractivity contribution in [1.29, 1.82) is 0 Å². The first-order valence-electron chi connectivity index (χ1n) is 9.04. The Bertz CT molecular complexity index is 966. The van der Waals surface area contributed by atoms with Crippen LogP contribution in [0, 0.1) is 0 Å². The van der Waals surface area contributed by atoms with Gasteiger partial charge in [0.2, 0.25) is 0 Å². The largest absolute Gasteiger partial charge is 0.497 e. The summed E-state index contributed by atoms with van der Waals surface area (Å²) in [5.41, 5.74) is 1.36. The van der Waals surface area contributed by atoms with Gasteiger partial charge in [0.1, 0.15) is 17.4 Å². The monoisotopic (exact) mass is 376 g/mol.